The molecule has 160 valence electrons. The number of carboxylic acid groups (broad SMARTS) is 1. The third kappa shape index (κ3) is 4.61. The third-order valence-corrected chi connectivity index (χ3v) is 6.93. The van der Waals surface area contributed by atoms with Crippen molar-refractivity contribution in [3.63, 3.8) is 0 Å². The SMILES string of the molecule is O=C(Nc1ccc(Cl)cc1F)c1cc(S(=O)(=O)N2CCC(C(=O)O)CC2)ccc1F. The number of amides is 1. The van der Waals surface area contributed by atoms with Gasteiger partial charge in [0.2, 0.25) is 10.0 Å². The van der Waals surface area contributed by atoms with E-state index in [1.54, 1.807) is 0 Å². The summed E-state index contributed by atoms with van der Waals surface area (Å²) in [7, 11) is -4.07. The molecule has 0 radical (unpaired) electrons. The number of piperidine rings is 1. The highest BCUT2D eigenvalue weighted by Crippen LogP contribution is 2.26. The standard InChI is InChI=1S/C19H17ClF2N2O5S/c20-12-1-4-17(16(22)9-12)23-18(25)14-10-13(2-3-15(14)21)30(28,29)24-7-5-11(6-8-24)19(26)27/h1-4,9-11H,5-8H2,(H,23,25)(H,26,27). The van der Waals surface area contributed by atoms with E-state index in [0.717, 1.165) is 28.6 Å². The molecule has 0 saturated carbocycles. The molecule has 2 aromatic rings. The molecule has 11 heteroatoms. The van der Waals surface area contributed by atoms with Gasteiger partial charge in [0.1, 0.15) is 11.6 Å². The second-order valence-corrected chi connectivity index (χ2v) is 9.11. The maximum Gasteiger partial charge on any atom is 0.306 e. The first-order valence-corrected chi connectivity index (χ1v) is 10.7. The van der Waals surface area contributed by atoms with E-state index in [4.69, 9.17) is 16.7 Å². The van der Waals surface area contributed by atoms with Crippen LogP contribution < -0.4 is 5.32 Å². The molecule has 2 aromatic carbocycles. The van der Waals surface area contributed by atoms with Gasteiger partial charge in [-0.1, -0.05) is 11.6 Å². The molecule has 0 unspecified atom stereocenters. The molecule has 0 aliphatic carbocycles. The molecule has 30 heavy (non-hydrogen) atoms. The number of anilines is 1. The van der Waals surface area contributed by atoms with E-state index in [1.165, 1.54) is 12.1 Å². The Morgan fingerprint density at radius 1 is 1.07 bits per heavy atom. The molecule has 0 atom stereocenters. The summed E-state index contributed by atoms with van der Waals surface area (Å²) in [6.45, 7) is -0.0115. The van der Waals surface area contributed by atoms with E-state index in [0.29, 0.717) is 0 Å². The third-order valence-electron chi connectivity index (χ3n) is 4.80. The zero-order valence-electron chi connectivity index (χ0n) is 15.4. The molecule has 1 aliphatic heterocycles. The molecule has 1 fully saturated rings. The van der Waals surface area contributed by atoms with Gasteiger partial charge in [0, 0.05) is 18.1 Å². The predicted molar refractivity (Wildman–Crippen MR) is 105 cm³/mol. The van der Waals surface area contributed by atoms with Crippen LogP contribution in [0.3, 0.4) is 0 Å². The number of nitrogens with zero attached hydrogens (tertiary/aromatic N) is 1. The van der Waals surface area contributed by atoms with Crippen molar-refractivity contribution < 1.29 is 31.9 Å². The molecule has 3 rings (SSSR count). The average Bonchev–Trinajstić information content (AvgIpc) is 2.70. The number of hydrogen-bond donors (Lipinski definition) is 2. The molecule has 7 nitrogen and oxygen atoms in total. The van der Waals surface area contributed by atoms with Crippen molar-refractivity contribution in [3.05, 3.63) is 58.6 Å². The second-order valence-electron chi connectivity index (χ2n) is 6.74. The largest absolute Gasteiger partial charge is 0.481 e. The molecule has 0 spiro atoms. The van der Waals surface area contributed by atoms with Crippen molar-refractivity contribution >= 4 is 39.2 Å². The van der Waals surface area contributed by atoms with Gasteiger partial charge in [-0.15, -0.1) is 0 Å². The van der Waals surface area contributed by atoms with Crippen LogP contribution in [0.5, 0.6) is 0 Å². The normalized spacial score (nSPS) is 15.7. The summed E-state index contributed by atoms with van der Waals surface area (Å²) in [6.07, 6.45) is 0.303. The topological polar surface area (TPSA) is 104 Å². The van der Waals surface area contributed by atoms with Crippen LogP contribution in [0.1, 0.15) is 23.2 Å². The Morgan fingerprint density at radius 2 is 1.73 bits per heavy atom. The van der Waals surface area contributed by atoms with Crippen molar-refractivity contribution in [2.24, 2.45) is 5.92 Å². The van der Waals surface area contributed by atoms with Crippen molar-refractivity contribution in [2.75, 3.05) is 18.4 Å². The van der Waals surface area contributed by atoms with Gasteiger partial charge in [-0.3, -0.25) is 9.59 Å². The number of benzene rings is 2. The highest BCUT2D eigenvalue weighted by atomic mass is 35.5. The Hall–Kier alpha value is -2.56. The minimum Gasteiger partial charge on any atom is -0.481 e. The number of aliphatic carboxylic acids is 1. The number of sulfonamides is 1. The van der Waals surface area contributed by atoms with Crippen LogP contribution in [0.15, 0.2) is 41.3 Å². The molecule has 2 N–H and O–H groups in total. The number of halogens is 3. The van der Waals surface area contributed by atoms with E-state index < -0.39 is 45.0 Å². The Morgan fingerprint density at radius 3 is 2.33 bits per heavy atom. The van der Waals surface area contributed by atoms with Crippen LogP contribution >= 0.6 is 11.6 Å². The predicted octanol–water partition coefficient (Wildman–Crippen LogP) is 3.36. The zero-order valence-corrected chi connectivity index (χ0v) is 17.0. The molecular formula is C19H17ClF2N2O5S. The number of hydrogen-bond acceptors (Lipinski definition) is 4. The molecule has 0 bridgehead atoms. The second kappa shape index (κ2) is 8.66. The fraction of sp³-hybridized carbons (Fsp3) is 0.263. The molecule has 1 saturated heterocycles. The highest BCUT2D eigenvalue weighted by molar-refractivity contribution is 7.89. The Bertz CT molecular complexity index is 1100. The minimum absolute atomic E-state index is 0.00576. The first kappa shape index (κ1) is 22.1. The van der Waals surface area contributed by atoms with Gasteiger partial charge in [-0.2, -0.15) is 4.31 Å². The summed E-state index contributed by atoms with van der Waals surface area (Å²) in [4.78, 5) is 23.1. The smallest absolute Gasteiger partial charge is 0.306 e. The van der Waals surface area contributed by atoms with Crippen molar-refractivity contribution in [3.8, 4) is 0 Å². The van der Waals surface area contributed by atoms with Crippen molar-refractivity contribution in [1.29, 1.82) is 0 Å². The lowest BCUT2D eigenvalue weighted by atomic mass is 9.99. The lowest BCUT2D eigenvalue weighted by Crippen LogP contribution is -2.40. The van der Waals surface area contributed by atoms with E-state index in [9.17, 15) is 26.8 Å². The van der Waals surface area contributed by atoms with E-state index in [-0.39, 0.29) is 41.5 Å². The maximum atomic E-state index is 14.2. The minimum atomic E-state index is -4.07. The van der Waals surface area contributed by atoms with Gasteiger partial charge < -0.3 is 10.4 Å². The fourth-order valence-corrected chi connectivity index (χ4v) is 4.77. The molecule has 0 aromatic heterocycles. The first-order chi connectivity index (χ1) is 14.1. The number of carboxylic acids is 1. The zero-order chi connectivity index (χ0) is 22.1. The van der Waals surface area contributed by atoms with E-state index >= 15 is 0 Å². The van der Waals surface area contributed by atoms with Gasteiger partial charge in [0.25, 0.3) is 5.91 Å². The summed E-state index contributed by atoms with van der Waals surface area (Å²) in [6, 6.07) is 6.22. The number of rotatable bonds is 5. The van der Waals surface area contributed by atoms with E-state index in [2.05, 4.69) is 5.32 Å². The number of carbonyl (C=O) groups excluding carboxylic acids is 1. The van der Waals surface area contributed by atoms with Crippen molar-refractivity contribution in [1.82, 2.24) is 4.31 Å². The average molecular weight is 459 g/mol. The molecule has 1 heterocycles. The van der Waals surface area contributed by atoms with Gasteiger partial charge in [-0.05, 0) is 49.2 Å². The first-order valence-electron chi connectivity index (χ1n) is 8.88. The molecule has 1 aliphatic rings. The van der Waals surface area contributed by atoms with Crippen LogP contribution in [0, 0.1) is 17.6 Å². The number of nitrogens with one attached hydrogen (secondary N) is 1. The van der Waals surface area contributed by atoms with E-state index in [1.807, 2.05) is 0 Å². The maximum absolute atomic E-state index is 14.2. The summed E-state index contributed by atoms with van der Waals surface area (Å²) < 4.78 is 54.9. The van der Waals surface area contributed by atoms with Gasteiger partial charge in [-0.25, -0.2) is 17.2 Å². The Kier molecular flexibility index (Phi) is 6.39. The van der Waals surface area contributed by atoms with Crippen LogP contribution in [-0.4, -0.2) is 42.8 Å². The molecular weight excluding hydrogens is 442 g/mol. The van der Waals surface area contributed by atoms with Crippen LogP contribution in [-0.2, 0) is 14.8 Å². The lowest BCUT2D eigenvalue weighted by molar-refractivity contribution is -0.142. The van der Waals surface area contributed by atoms with Crippen LogP contribution in [0.2, 0.25) is 5.02 Å². The molecule has 1 amide bonds. The Balaban J connectivity index is 1.84. The summed E-state index contributed by atoms with van der Waals surface area (Å²) >= 11 is 5.65. The monoisotopic (exact) mass is 458 g/mol. The van der Waals surface area contributed by atoms with Gasteiger partial charge in [0.15, 0.2) is 0 Å². The lowest BCUT2D eigenvalue weighted by Gasteiger charge is -2.29. The highest BCUT2D eigenvalue weighted by Gasteiger charge is 2.32. The van der Waals surface area contributed by atoms with Gasteiger partial charge in [0.05, 0.1) is 22.1 Å². The number of carbonyl (C=O) groups is 2. The van der Waals surface area contributed by atoms with Crippen molar-refractivity contribution in [2.45, 2.75) is 17.7 Å². The van der Waals surface area contributed by atoms with Crippen LogP contribution in [0.25, 0.3) is 0 Å². The quantitative estimate of drug-likeness (QED) is 0.715. The fourth-order valence-electron chi connectivity index (χ4n) is 3.11. The summed E-state index contributed by atoms with van der Waals surface area (Å²) in [5.41, 5.74) is -0.821. The Labute approximate surface area is 176 Å². The van der Waals surface area contributed by atoms with Crippen LogP contribution in [0.4, 0.5) is 14.5 Å². The summed E-state index contributed by atoms with van der Waals surface area (Å²) in [5.74, 6) is -4.45. The van der Waals surface area contributed by atoms with Gasteiger partial charge >= 0.3 is 5.97 Å². The summed E-state index contributed by atoms with van der Waals surface area (Å²) in [5, 5.41) is 11.3.